The van der Waals surface area contributed by atoms with Crippen LogP contribution in [0.15, 0.2) is 0 Å². The van der Waals surface area contributed by atoms with Crippen molar-refractivity contribution >= 4 is 0 Å². The molecule has 9 heavy (non-hydrogen) atoms. The number of hydrogen-bond acceptors (Lipinski definition) is 1. The van der Waals surface area contributed by atoms with Crippen molar-refractivity contribution in [1.82, 2.24) is 0 Å². The molecule has 0 aromatic heterocycles. The second-order valence-corrected chi connectivity index (χ2v) is 2.73. The molecule has 0 saturated heterocycles. The molecule has 1 nitrogen and oxygen atoms in total. The minimum Gasteiger partial charge on any atom is -0.378 e. The van der Waals surface area contributed by atoms with E-state index < -0.39 is 0 Å². The van der Waals surface area contributed by atoms with Gasteiger partial charge >= 0.3 is 0 Å². The third-order valence-electron chi connectivity index (χ3n) is 2.18. The van der Waals surface area contributed by atoms with E-state index in [-0.39, 0.29) is 5.60 Å². The van der Waals surface area contributed by atoms with Gasteiger partial charge in [-0.05, 0) is 25.7 Å². The molecular weight excluding hydrogens is 112 g/mol. The van der Waals surface area contributed by atoms with Gasteiger partial charge in [0, 0.05) is 7.11 Å². The van der Waals surface area contributed by atoms with E-state index in [4.69, 9.17) is 4.74 Å². The second-order valence-electron chi connectivity index (χ2n) is 2.73. The van der Waals surface area contributed by atoms with Gasteiger partial charge in [-0.3, -0.25) is 0 Å². The van der Waals surface area contributed by atoms with Crippen LogP contribution >= 0.6 is 0 Å². The quantitative estimate of drug-likeness (QED) is 0.564. The molecule has 0 aromatic carbocycles. The number of ether oxygens (including phenoxy) is 1. The highest BCUT2D eigenvalue weighted by molar-refractivity contribution is 5.00. The van der Waals surface area contributed by atoms with Gasteiger partial charge in [0.25, 0.3) is 0 Å². The molecule has 0 N–H and O–H groups in total. The fourth-order valence-corrected chi connectivity index (χ4v) is 1.39. The van der Waals surface area contributed by atoms with Crippen LogP contribution < -0.4 is 0 Å². The first-order chi connectivity index (χ1) is 4.33. The van der Waals surface area contributed by atoms with Crippen molar-refractivity contribution < 1.29 is 4.74 Å². The lowest BCUT2D eigenvalue weighted by Crippen LogP contribution is -2.39. The molecule has 1 aliphatic rings. The van der Waals surface area contributed by atoms with E-state index in [0.29, 0.717) is 0 Å². The van der Waals surface area contributed by atoms with E-state index in [1.807, 2.05) is 7.11 Å². The third kappa shape index (κ3) is 1.26. The van der Waals surface area contributed by atoms with Crippen molar-refractivity contribution in [1.29, 1.82) is 0 Å². The Kier molecular flexibility index (Phi) is 2.12. The van der Waals surface area contributed by atoms with Crippen LogP contribution in [-0.4, -0.2) is 12.7 Å². The van der Waals surface area contributed by atoms with Crippen LogP contribution in [0.1, 0.15) is 32.6 Å². The molecular formula is C8H15O. The Balaban J connectivity index is 2.28. The molecule has 0 unspecified atom stereocenters. The average Bonchev–Trinajstić information content (AvgIpc) is 1.79. The SMILES string of the molecule is CC[CH]C1(OC)CCC1. The standard InChI is InChI=1S/C8H15O/c1-3-5-8(9-2)6-4-7-8/h5H,3-4,6-7H2,1-2H3. The highest BCUT2D eigenvalue weighted by atomic mass is 16.5. The fraction of sp³-hybridized carbons (Fsp3) is 0.875. The van der Waals surface area contributed by atoms with Gasteiger partial charge in [-0.25, -0.2) is 0 Å². The van der Waals surface area contributed by atoms with E-state index in [9.17, 15) is 0 Å². The van der Waals surface area contributed by atoms with Crippen LogP contribution in [0.3, 0.4) is 0 Å². The van der Waals surface area contributed by atoms with Crippen LogP contribution in [-0.2, 0) is 4.74 Å². The Morgan fingerprint density at radius 3 is 2.33 bits per heavy atom. The first-order valence-electron chi connectivity index (χ1n) is 3.72. The van der Waals surface area contributed by atoms with Gasteiger partial charge in [0.1, 0.15) is 0 Å². The van der Waals surface area contributed by atoms with E-state index in [2.05, 4.69) is 13.3 Å². The summed E-state index contributed by atoms with van der Waals surface area (Å²) in [6, 6.07) is 0. The Bertz CT molecular complexity index is 79.1. The molecule has 53 valence electrons. The monoisotopic (exact) mass is 127 g/mol. The van der Waals surface area contributed by atoms with Gasteiger partial charge in [-0.15, -0.1) is 0 Å². The van der Waals surface area contributed by atoms with E-state index in [0.717, 1.165) is 6.42 Å². The van der Waals surface area contributed by atoms with Gasteiger partial charge in [0.2, 0.25) is 0 Å². The van der Waals surface area contributed by atoms with Crippen LogP contribution in [0.4, 0.5) is 0 Å². The summed E-state index contributed by atoms with van der Waals surface area (Å²) in [4.78, 5) is 0. The zero-order valence-corrected chi connectivity index (χ0v) is 6.31. The lowest BCUT2D eigenvalue weighted by atomic mass is 9.77. The maximum absolute atomic E-state index is 5.36. The van der Waals surface area contributed by atoms with Crippen molar-refractivity contribution in [2.24, 2.45) is 0 Å². The lowest BCUT2D eigenvalue weighted by molar-refractivity contribution is -0.0456. The van der Waals surface area contributed by atoms with E-state index >= 15 is 0 Å². The fourth-order valence-electron chi connectivity index (χ4n) is 1.39. The Labute approximate surface area is 57.4 Å². The molecule has 0 aromatic rings. The van der Waals surface area contributed by atoms with E-state index in [1.165, 1.54) is 19.3 Å². The summed E-state index contributed by atoms with van der Waals surface area (Å²) in [5.74, 6) is 0. The van der Waals surface area contributed by atoms with E-state index in [1.54, 1.807) is 0 Å². The molecule has 0 amide bonds. The predicted molar refractivity (Wildman–Crippen MR) is 38.2 cm³/mol. The minimum atomic E-state index is 0.189. The number of rotatable bonds is 3. The Morgan fingerprint density at radius 2 is 2.22 bits per heavy atom. The molecule has 1 fully saturated rings. The minimum absolute atomic E-state index is 0.189. The highest BCUT2D eigenvalue weighted by Crippen LogP contribution is 2.37. The van der Waals surface area contributed by atoms with Crippen molar-refractivity contribution in [2.75, 3.05) is 7.11 Å². The van der Waals surface area contributed by atoms with Gasteiger partial charge in [-0.2, -0.15) is 0 Å². The van der Waals surface area contributed by atoms with Gasteiger partial charge in [0.15, 0.2) is 0 Å². The summed E-state index contributed by atoms with van der Waals surface area (Å²) in [5.41, 5.74) is 0.189. The van der Waals surface area contributed by atoms with Crippen LogP contribution in [0.5, 0.6) is 0 Å². The van der Waals surface area contributed by atoms with Crippen molar-refractivity contribution in [3.63, 3.8) is 0 Å². The Morgan fingerprint density at radius 1 is 1.56 bits per heavy atom. The summed E-state index contributed by atoms with van der Waals surface area (Å²) in [6.45, 7) is 2.17. The maximum Gasteiger partial charge on any atom is 0.0710 e. The molecule has 1 aliphatic carbocycles. The molecule has 1 radical (unpaired) electrons. The molecule has 0 atom stereocenters. The van der Waals surface area contributed by atoms with Crippen molar-refractivity contribution in [3.8, 4) is 0 Å². The lowest BCUT2D eigenvalue weighted by Gasteiger charge is -2.40. The first-order valence-corrected chi connectivity index (χ1v) is 3.72. The average molecular weight is 127 g/mol. The normalized spacial score (nSPS) is 23.3. The first kappa shape index (κ1) is 7.07. The van der Waals surface area contributed by atoms with Crippen LogP contribution in [0.25, 0.3) is 0 Å². The molecule has 0 bridgehead atoms. The third-order valence-corrected chi connectivity index (χ3v) is 2.18. The Hall–Kier alpha value is -0.0400. The highest BCUT2D eigenvalue weighted by Gasteiger charge is 2.35. The number of methoxy groups -OCH3 is 1. The van der Waals surface area contributed by atoms with Crippen molar-refractivity contribution in [2.45, 2.75) is 38.2 Å². The molecule has 0 spiro atoms. The second kappa shape index (κ2) is 2.70. The summed E-state index contributed by atoms with van der Waals surface area (Å²) >= 11 is 0. The summed E-state index contributed by atoms with van der Waals surface area (Å²) in [5, 5.41) is 0. The largest absolute Gasteiger partial charge is 0.378 e. The molecule has 1 rings (SSSR count). The van der Waals surface area contributed by atoms with Crippen molar-refractivity contribution in [3.05, 3.63) is 6.42 Å². The smallest absolute Gasteiger partial charge is 0.0710 e. The van der Waals surface area contributed by atoms with Gasteiger partial charge in [-0.1, -0.05) is 13.3 Å². The van der Waals surface area contributed by atoms with Gasteiger partial charge < -0.3 is 4.74 Å². The zero-order chi connectivity index (χ0) is 6.74. The molecule has 1 heteroatoms. The molecule has 0 heterocycles. The predicted octanol–water partition coefficient (Wildman–Crippen LogP) is 2.17. The zero-order valence-electron chi connectivity index (χ0n) is 6.31. The molecule has 0 aliphatic heterocycles. The maximum atomic E-state index is 5.36. The summed E-state index contributed by atoms with van der Waals surface area (Å²) < 4.78 is 5.36. The van der Waals surface area contributed by atoms with Crippen LogP contribution in [0.2, 0.25) is 0 Å². The summed E-state index contributed by atoms with van der Waals surface area (Å²) in [7, 11) is 1.81. The molecule has 1 saturated carbocycles. The van der Waals surface area contributed by atoms with Crippen LogP contribution in [0, 0.1) is 6.42 Å². The van der Waals surface area contributed by atoms with Gasteiger partial charge in [0.05, 0.1) is 5.60 Å². The topological polar surface area (TPSA) is 9.23 Å². The summed E-state index contributed by atoms with van der Waals surface area (Å²) in [6.07, 6.45) is 7.23. The number of hydrogen-bond donors (Lipinski definition) is 0.